The first kappa shape index (κ1) is 18.8. The number of rotatable bonds is 5. The topological polar surface area (TPSA) is 80.7 Å². The lowest BCUT2D eigenvalue weighted by Crippen LogP contribution is -2.39. The second-order valence-electron chi connectivity index (χ2n) is 4.35. The molecular weight excluding hydrogens is 347 g/mol. The Morgan fingerprint density at radius 2 is 2.00 bits per heavy atom. The third-order valence-corrected chi connectivity index (χ3v) is 3.67. The van der Waals surface area contributed by atoms with E-state index in [-0.39, 0.29) is 10.6 Å². The van der Waals surface area contributed by atoms with Gasteiger partial charge >= 0.3 is 12.1 Å². The van der Waals surface area contributed by atoms with Gasteiger partial charge in [0.2, 0.25) is 6.10 Å². The van der Waals surface area contributed by atoms with Gasteiger partial charge in [0.05, 0.1) is 10.6 Å². The summed E-state index contributed by atoms with van der Waals surface area (Å²) >= 11 is 5.78. The minimum Gasteiger partial charge on any atom is -0.448 e. The molecule has 0 saturated heterocycles. The molecule has 0 aromatic heterocycles. The van der Waals surface area contributed by atoms with Crippen molar-refractivity contribution in [3.63, 3.8) is 0 Å². The Hall–Kier alpha value is -1.26. The van der Waals surface area contributed by atoms with E-state index in [1.165, 1.54) is 18.2 Å². The molecule has 1 unspecified atom stereocenters. The highest BCUT2D eigenvalue weighted by molar-refractivity contribution is 7.85. The SMILES string of the molecule is BCc1ccc(C(=O)OC(CS(=O)(=O)O)C(F)(F)F)c(Cl)c1. The van der Waals surface area contributed by atoms with Gasteiger partial charge in [-0.2, -0.15) is 21.6 Å². The highest BCUT2D eigenvalue weighted by Gasteiger charge is 2.45. The Bertz CT molecular complexity index is 662. The molecule has 0 bridgehead atoms. The van der Waals surface area contributed by atoms with E-state index in [9.17, 15) is 26.4 Å². The molecule has 1 aromatic carbocycles. The van der Waals surface area contributed by atoms with Crippen molar-refractivity contribution in [1.82, 2.24) is 0 Å². The fourth-order valence-corrected chi connectivity index (χ4v) is 2.44. The molecule has 1 rings (SSSR count). The summed E-state index contributed by atoms with van der Waals surface area (Å²) in [6.07, 6.45) is -7.54. The zero-order chi connectivity index (χ0) is 17.1. The Kier molecular flexibility index (Phi) is 5.88. The van der Waals surface area contributed by atoms with Crippen molar-refractivity contribution in [3.05, 3.63) is 34.3 Å². The molecule has 11 heteroatoms. The molecule has 122 valence electrons. The summed E-state index contributed by atoms with van der Waals surface area (Å²) in [6, 6.07) is 4.06. The molecule has 0 fully saturated rings. The van der Waals surface area contributed by atoms with Crippen LogP contribution < -0.4 is 0 Å². The zero-order valence-electron chi connectivity index (χ0n) is 11.2. The molecule has 22 heavy (non-hydrogen) atoms. The average Bonchev–Trinajstić information content (AvgIpc) is 2.34. The maximum absolute atomic E-state index is 12.7. The van der Waals surface area contributed by atoms with Crippen LogP contribution in [0, 0.1) is 0 Å². The lowest BCUT2D eigenvalue weighted by molar-refractivity contribution is -0.197. The minimum atomic E-state index is -5.15. The second kappa shape index (κ2) is 6.88. The summed E-state index contributed by atoms with van der Waals surface area (Å²) in [5, 5.41) is -0.114. The maximum Gasteiger partial charge on any atom is 0.426 e. The number of hydrogen-bond donors (Lipinski definition) is 1. The third kappa shape index (κ3) is 5.50. The standard InChI is InChI=1S/C11H11BClF3O5S/c12-4-6-1-2-7(8(13)3-6)10(17)21-9(11(14,15)16)5-22(18,19)20/h1-3,9H,4-5,12H2,(H,18,19,20). The number of alkyl halides is 3. The Morgan fingerprint density at radius 1 is 1.41 bits per heavy atom. The number of carbonyl (C=O) groups is 1. The minimum absolute atomic E-state index is 0.114. The van der Waals surface area contributed by atoms with Crippen molar-refractivity contribution in [2.75, 3.05) is 5.75 Å². The monoisotopic (exact) mass is 358 g/mol. The number of esters is 1. The summed E-state index contributed by atoms with van der Waals surface area (Å²) in [5.74, 6) is -3.22. The molecule has 0 heterocycles. The first-order valence-corrected chi connectivity index (χ1v) is 7.94. The highest BCUT2D eigenvalue weighted by Crippen LogP contribution is 2.26. The fourth-order valence-electron chi connectivity index (χ4n) is 1.52. The largest absolute Gasteiger partial charge is 0.448 e. The van der Waals surface area contributed by atoms with Gasteiger partial charge in [0.25, 0.3) is 10.1 Å². The number of halogens is 4. The number of ether oxygens (including phenoxy) is 1. The van der Waals surface area contributed by atoms with Crippen LogP contribution >= 0.6 is 11.6 Å². The van der Waals surface area contributed by atoms with Gasteiger partial charge in [-0.05, 0) is 12.1 Å². The van der Waals surface area contributed by atoms with Crippen LogP contribution in [0.1, 0.15) is 15.9 Å². The van der Waals surface area contributed by atoms with Crippen LogP contribution in [0.2, 0.25) is 5.02 Å². The van der Waals surface area contributed by atoms with Gasteiger partial charge in [-0.3, -0.25) is 4.55 Å². The number of carbonyl (C=O) groups excluding carboxylic acids is 1. The van der Waals surface area contributed by atoms with Crippen molar-refractivity contribution >= 4 is 35.5 Å². The van der Waals surface area contributed by atoms with Gasteiger partial charge < -0.3 is 4.74 Å². The van der Waals surface area contributed by atoms with E-state index < -0.39 is 34.1 Å². The molecule has 0 aliphatic carbocycles. The van der Waals surface area contributed by atoms with Gasteiger partial charge in [0.15, 0.2) is 0 Å². The Balaban J connectivity index is 3.01. The molecule has 0 aliphatic heterocycles. The van der Waals surface area contributed by atoms with Crippen LogP contribution in [-0.2, 0) is 21.2 Å². The predicted molar refractivity (Wildman–Crippen MR) is 75.4 cm³/mol. The van der Waals surface area contributed by atoms with Crippen molar-refractivity contribution in [1.29, 1.82) is 0 Å². The summed E-state index contributed by atoms with van der Waals surface area (Å²) in [6.45, 7) is 0. The van der Waals surface area contributed by atoms with Crippen molar-refractivity contribution in [3.8, 4) is 0 Å². The van der Waals surface area contributed by atoms with E-state index in [0.29, 0.717) is 6.32 Å². The number of hydrogen-bond acceptors (Lipinski definition) is 4. The first-order chi connectivity index (χ1) is 9.94. The third-order valence-electron chi connectivity index (χ3n) is 2.64. The molecule has 0 spiro atoms. The van der Waals surface area contributed by atoms with Gasteiger partial charge in [0, 0.05) is 0 Å². The van der Waals surface area contributed by atoms with E-state index in [2.05, 4.69) is 4.74 Å². The lowest BCUT2D eigenvalue weighted by Gasteiger charge is -2.19. The Morgan fingerprint density at radius 3 is 2.41 bits per heavy atom. The van der Waals surface area contributed by atoms with Crippen LogP contribution in [0.5, 0.6) is 0 Å². The van der Waals surface area contributed by atoms with Crippen LogP contribution in [0.4, 0.5) is 13.2 Å². The van der Waals surface area contributed by atoms with Crippen LogP contribution in [0.15, 0.2) is 18.2 Å². The normalized spacial score (nSPS) is 13.7. The van der Waals surface area contributed by atoms with E-state index in [0.717, 1.165) is 5.56 Å². The quantitative estimate of drug-likeness (QED) is 0.489. The van der Waals surface area contributed by atoms with Gasteiger partial charge in [-0.15, -0.1) is 0 Å². The van der Waals surface area contributed by atoms with Crippen molar-refractivity contribution < 1.29 is 35.7 Å². The predicted octanol–water partition coefficient (Wildman–Crippen LogP) is 1.45. The van der Waals surface area contributed by atoms with Crippen molar-refractivity contribution in [2.24, 2.45) is 0 Å². The molecule has 1 atom stereocenters. The van der Waals surface area contributed by atoms with Crippen LogP contribution in [0.3, 0.4) is 0 Å². The smallest absolute Gasteiger partial charge is 0.426 e. The molecule has 1 aromatic rings. The molecule has 0 aliphatic rings. The van der Waals surface area contributed by atoms with Crippen LogP contribution in [0.25, 0.3) is 0 Å². The molecule has 0 saturated carbocycles. The van der Waals surface area contributed by atoms with E-state index in [1.54, 1.807) is 0 Å². The van der Waals surface area contributed by atoms with Gasteiger partial charge in [0.1, 0.15) is 13.6 Å². The average molecular weight is 359 g/mol. The molecule has 0 amide bonds. The summed E-state index contributed by atoms with van der Waals surface area (Å²) in [4.78, 5) is 11.7. The summed E-state index contributed by atoms with van der Waals surface area (Å²) in [5.41, 5.74) is 0.426. The summed E-state index contributed by atoms with van der Waals surface area (Å²) in [7, 11) is -3.17. The molecule has 1 N–H and O–H groups in total. The van der Waals surface area contributed by atoms with Crippen molar-refractivity contribution in [2.45, 2.75) is 18.6 Å². The zero-order valence-corrected chi connectivity index (χ0v) is 12.8. The Labute approximate surface area is 130 Å². The lowest BCUT2D eigenvalue weighted by atomic mass is 9.96. The van der Waals surface area contributed by atoms with Crippen LogP contribution in [-0.4, -0.2) is 44.8 Å². The van der Waals surface area contributed by atoms with Gasteiger partial charge in [-0.25, -0.2) is 4.79 Å². The van der Waals surface area contributed by atoms with Gasteiger partial charge in [-0.1, -0.05) is 29.6 Å². The van der Waals surface area contributed by atoms with E-state index in [4.69, 9.17) is 16.2 Å². The fraction of sp³-hybridized carbons (Fsp3) is 0.364. The number of benzene rings is 1. The highest BCUT2D eigenvalue weighted by atomic mass is 35.5. The maximum atomic E-state index is 12.7. The summed E-state index contributed by atoms with van der Waals surface area (Å²) < 4.78 is 71.8. The van der Waals surface area contributed by atoms with E-state index in [1.807, 2.05) is 7.85 Å². The second-order valence-corrected chi connectivity index (χ2v) is 6.26. The molecule has 0 radical (unpaired) electrons. The van der Waals surface area contributed by atoms with E-state index >= 15 is 0 Å². The molecular formula is C11H11BClF3O5S. The first-order valence-electron chi connectivity index (χ1n) is 5.95. The molecule has 5 nitrogen and oxygen atoms in total.